The van der Waals surface area contributed by atoms with E-state index < -0.39 is 0 Å². The van der Waals surface area contributed by atoms with Gasteiger partial charge in [0.05, 0.1) is 5.39 Å². The zero-order valence-electron chi connectivity index (χ0n) is 14.2. The van der Waals surface area contributed by atoms with Gasteiger partial charge in [0, 0.05) is 21.2 Å². The summed E-state index contributed by atoms with van der Waals surface area (Å²) >= 11 is 7.71. The van der Waals surface area contributed by atoms with E-state index >= 15 is 0 Å². The lowest BCUT2D eigenvalue weighted by atomic mass is 10.0. The SMILES string of the molecule is Cc1nc(Nc2cccc(Cl)c2)c2c(-c3ccc(F)cc3)c(C)sc2n1. The molecule has 0 aliphatic heterocycles. The van der Waals surface area contributed by atoms with E-state index in [9.17, 15) is 4.39 Å². The van der Waals surface area contributed by atoms with Crippen LogP contribution in [0.1, 0.15) is 10.7 Å². The minimum absolute atomic E-state index is 0.254. The first kappa shape index (κ1) is 16.9. The molecule has 0 unspecified atom stereocenters. The van der Waals surface area contributed by atoms with Gasteiger partial charge in [-0.05, 0) is 49.7 Å². The van der Waals surface area contributed by atoms with Crippen LogP contribution in [0.3, 0.4) is 0 Å². The maximum absolute atomic E-state index is 13.4. The molecule has 2 aromatic heterocycles. The number of nitrogens with one attached hydrogen (secondary N) is 1. The lowest BCUT2D eigenvalue weighted by Crippen LogP contribution is -1.98. The largest absolute Gasteiger partial charge is 0.340 e. The Labute approximate surface area is 159 Å². The van der Waals surface area contributed by atoms with Crippen LogP contribution in [-0.4, -0.2) is 9.97 Å². The number of benzene rings is 2. The van der Waals surface area contributed by atoms with Crippen LogP contribution in [0.4, 0.5) is 15.9 Å². The van der Waals surface area contributed by atoms with Gasteiger partial charge in [0.15, 0.2) is 0 Å². The second kappa shape index (κ2) is 6.67. The lowest BCUT2D eigenvalue weighted by Gasteiger charge is -2.10. The number of anilines is 2. The molecule has 0 fully saturated rings. The number of aromatic nitrogens is 2. The predicted molar refractivity (Wildman–Crippen MR) is 107 cm³/mol. The van der Waals surface area contributed by atoms with Gasteiger partial charge in [-0.25, -0.2) is 14.4 Å². The van der Waals surface area contributed by atoms with Gasteiger partial charge < -0.3 is 5.32 Å². The number of rotatable bonds is 3. The van der Waals surface area contributed by atoms with Crippen LogP contribution in [0, 0.1) is 19.7 Å². The molecule has 0 spiro atoms. The van der Waals surface area contributed by atoms with E-state index in [0.717, 1.165) is 37.7 Å². The monoisotopic (exact) mass is 383 g/mol. The second-order valence-electron chi connectivity index (χ2n) is 5.98. The third-order valence-electron chi connectivity index (χ3n) is 4.06. The fraction of sp³-hybridized carbons (Fsp3) is 0.100. The van der Waals surface area contributed by atoms with E-state index in [-0.39, 0.29) is 5.82 Å². The number of aryl methyl sites for hydroxylation is 2. The molecule has 0 amide bonds. The summed E-state index contributed by atoms with van der Waals surface area (Å²) in [6.07, 6.45) is 0. The molecule has 0 aliphatic rings. The van der Waals surface area contributed by atoms with Crippen molar-refractivity contribution in [1.29, 1.82) is 0 Å². The van der Waals surface area contributed by atoms with Crippen LogP contribution in [0.5, 0.6) is 0 Å². The molecule has 0 saturated carbocycles. The number of hydrogen-bond donors (Lipinski definition) is 1. The van der Waals surface area contributed by atoms with Crippen LogP contribution in [0.15, 0.2) is 48.5 Å². The Morgan fingerprint density at radius 1 is 1.04 bits per heavy atom. The van der Waals surface area contributed by atoms with Gasteiger partial charge in [0.2, 0.25) is 0 Å². The summed E-state index contributed by atoms with van der Waals surface area (Å²) in [5.74, 6) is 1.16. The van der Waals surface area contributed by atoms with Crippen molar-refractivity contribution >= 4 is 44.7 Å². The molecule has 3 nitrogen and oxygen atoms in total. The predicted octanol–water partition coefficient (Wildman–Crippen LogP) is 6.51. The summed E-state index contributed by atoms with van der Waals surface area (Å²) in [4.78, 5) is 11.2. The van der Waals surface area contributed by atoms with E-state index in [4.69, 9.17) is 11.6 Å². The highest BCUT2D eigenvalue weighted by Crippen LogP contribution is 2.41. The van der Waals surface area contributed by atoms with Crippen LogP contribution < -0.4 is 5.32 Å². The molecular formula is C20H15ClFN3S. The van der Waals surface area contributed by atoms with E-state index in [1.807, 2.05) is 38.1 Å². The average molecular weight is 384 g/mol. The van der Waals surface area contributed by atoms with Gasteiger partial charge in [-0.15, -0.1) is 11.3 Å². The van der Waals surface area contributed by atoms with E-state index in [0.29, 0.717) is 10.8 Å². The summed E-state index contributed by atoms with van der Waals surface area (Å²) in [7, 11) is 0. The Bertz CT molecular complexity index is 1110. The highest BCUT2D eigenvalue weighted by Gasteiger charge is 2.18. The average Bonchev–Trinajstić information content (AvgIpc) is 2.91. The summed E-state index contributed by atoms with van der Waals surface area (Å²) in [5, 5.41) is 4.95. The Hall–Kier alpha value is -2.50. The van der Waals surface area contributed by atoms with E-state index in [2.05, 4.69) is 15.3 Å². The van der Waals surface area contributed by atoms with Crippen molar-refractivity contribution in [3.63, 3.8) is 0 Å². The van der Waals surface area contributed by atoms with Gasteiger partial charge >= 0.3 is 0 Å². The number of hydrogen-bond acceptors (Lipinski definition) is 4. The second-order valence-corrected chi connectivity index (χ2v) is 7.61. The number of fused-ring (bicyclic) bond motifs is 1. The van der Waals surface area contributed by atoms with Gasteiger partial charge in [-0.3, -0.25) is 0 Å². The number of nitrogens with zero attached hydrogens (tertiary/aromatic N) is 2. The molecule has 0 radical (unpaired) electrons. The summed E-state index contributed by atoms with van der Waals surface area (Å²) < 4.78 is 13.4. The minimum atomic E-state index is -0.254. The van der Waals surface area contributed by atoms with Crippen molar-refractivity contribution in [2.75, 3.05) is 5.32 Å². The zero-order valence-corrected chi connectivity index (χ0v) is 15.7. The first-order valence-corrected chi connectivity index (χ1v) is 9.27. The molecule has 2 aromatic carbocycles. The summed E-state index contributed by atoms with van der Waals surface area (Å²) in [5.41, 5.74) is 2.82. The van der Waals surface area contributed by atoms with Crippen molar-refractivity contribution in [1.82, 2.24) is 9.97 Å². The molecule has 26 heavy (non-hydrogen) atoms. The Morgan fingerprint density at radius 3 is 2.54 bits per heavy atom. The molecule has 0 saturated heterocycles. The van der Waals surface area contributed by atoms with E-state index in [1.54, 1.807) is 23.5 Å². The van der Waals surface area contributed by atoms with Crippen molar-refractivity contribution in [3.05, 3.63) is 70.1 Å². The standard InChI is InChI=1S/C20H15ClFN3S/c1-11-17(13-6-8-15(22)9-7-13)18-19(23-12(2)24-20(18)26-11)25-16-5-3-4-14(21)10-16/h3-10H,1-2H3,(H,23,24,25). The first-order chi connectivity index (χ1) is 12.5. The van der Waals surface area contributed by atoms with Gasteiger partial charge in [-0.1, -0.05) is 29.8 Å². The third kappa shape index (κ3) is 3.16. The molecule has 0 atom stereocenters. The Balaban J connectivity index is 1.93. The molecule has 4 rings (SSSR count). The number of halogens is 2. The quantitative estimate of drug-likeness (QED) is 0.438. The van der Waals surface area contributed by atoms with Gasteiger partial charge in [-0.2, -0.15) is 0 Å². The maximum Gasteiger partial charge on any atom is 0.143 e. The molecular weight excluding hydrogens is 369 g/mol. The van der Waals surface area contributed by atoms with Crippen LogP contribution in [-0.2, 0) is 0 Å². The summed E-state index contributed by atoms with van der Waals surface area (Å²) in [6, 6.07) is 14.0. The highest BCUT2D eigenvalue weighted by molar-refractivity contribution is 7.19. The smallest absolute Gasteiger partial charge is 0.143 e. The minimum Gasteiger partial charge on any atom is -0.340 e. The molecule has 6 heteroatoms. The molecule has 4 aromatic rings. The fourth-order valence-corrected chi connectivity index (χ4v) is 4.26. The lowest BCUT2D eigenvalue weighted by molar-refractivity contribution is 0.628. The van der Waals surface area contributed by atoms with Crippen molar-refractivity contribution in [3.8, 4) is 11.1 Å². The van der Waals surface area contributed by atoms with Crippen molar-refractivity contribution in [2.45, 2.75) is 13.8 Å². The Kier molecular flexibility index (Phi) is 4.34. The molecule has 0 bridgehead atoms. The van der Waals surface area contributed by atoms with Crippen molar-refractivity contribution < 1.29 is 4.39 Å². The van der Waals surface area contributed by atoms with E-state index in [1.165, 1.54) is 12.1 Å². The van der Waals surface area contributed by atoms with Crippen LogP contribution in [0.25, 0.3) is 21.3 Å². The molecule has 0 aliphatic carbocycles. The van der Waals surface area contributed by atoms with Crippen molar-refractivity contribution in [2.24, 2.45) is 0 Å². The molecule has 2 heterocycles. The van der Waals surface area contributed by atoms with Gasteiger partial charge in [0.1, 0.15) is 22.3 Å². The molecule has 1 N–H and O–H groups in total. The topological polar surface area (TPSA) is 37.8 Å². The third-order valence-corrected chi connectivity index (χ3v) is 5.29. The molecule has 130 valence electrons. The van der Waals surface area contributed by atoms with Crippen LogP contribution in [0.2, 0.25) is 5.02 Å². The number of thiophene rings is 1. The first-order valence-electron chi connectivity index (χ1n) is 8.07. The highest BCUT2D eigenvalue weighted by atomic mass is 35.5. The maximum atomic E-state index is 13.4. The zero-order chi connectivity index (χ0) is 18.3. The fourth-order valence-electron chi connectivity index (χ4n) is 2.98. The van der Waals surface area contributed by atoms with Gasteiger partial charge in [0.25, 0.3) is 0 Å². The summed E-state index contributed by atoms with van der Waals surface area (Å²) in [6.45, 7) is 3.92. The normalized spacial score (nSPS) is 11.1. The Morgan fingerprint density at radius 2 is 1.81 bits per heavy atom. The van der Waals surface area contributed by atoms with Crippen LogP contribution >= 0.6 is 22.9 Å².